The number of rotatable bonds is 0. The molecule has 2 nitrogen and oxygen atoms in total. The Hall–Kier alpha value is 0.517. The van der Waals surface area contributed by atoms with Crippen molar-refractivity contribution in [1.82, 2.24) is 4.90 Å². The van der Waals surface area contributed by atoms with Crippen LogP contribution in [0.1, 0.15) is 0 Å². The summed E-state index contributed by atoms with van der Waals surface area (Å²) in [4.78, 5) is 2.30. The van der Waals surface area contributed by atoms with Crippen LogP contribution in [-0.4, -0.2) is 38.1 Å². The van der Waals surface area contributed by atoms with Crippen LogP contribution in [0, 0.1) is 0 Å². The van der Waals surface area contributed by atoms with Crippen LogP contribution >= 0.6 is 0 Å². The molecule has 0 amide bonds. The number of nitrogens with zero attached hydrogens (tertiary/aromatic N) is 2. The van der Waals surface area contributed by atoms with Gasteiger partial charge in [0, 0.05) is 0 Å². The Morgan fingerprint density at radius 1 is 1.25 bits per heavy atom. The Balaban J connectivity index is 0.000000490. The summed E-state index contributed by atoms with van der Waals surface area (Å²) < 4.78 is 0. The molecule has 0 spiro atoms. The minimum atomic E-state index is 0. The van der Waals surface area contributed by atoms with Crippen molar-refractivity contribution in [2.75, 3.05) is 33.2 Å². The van der Waals surface area contributed by atoms with Gasteiger partial charge in [0.15, 0.2) is 0 Å². The first-order valence-electron chi connectivity index (χ1n) is 2.71. The van der Waals surface area contributed by atoms with Crippen LogP contribution < -0.4 is 18.9 Å². The molecule has 42 valence electrons. The van der Waals surface area contributed by atoms with Gasteiger partial charge in [0.25, 0.3) is 0 Å². The molecular formula is C5H11LiN2. The third-order valence-corrected chi connectivity index (χ3v) is 1.28. The van der Waals surface area contributed by atoms with Crippen LogP contribution in [0.15, 0.2) is 0 Å². The van der Waals surface area contributed by atoms with Gasteiger partial charge < -0.3 is 10.2 Å². The van der Waals surface area contributed by atoms with E-state index in [4.69, 9.17) is 0 Å². The fraction of sp³-hybridized carbons (Fsp3) is 1.00. The Labute approximate surface area is 62.8 Å². The van der Waals surface area contributed by atoms with E-state index in [9.17, 15) is 0 Å². The summed E-state index contributed by atoms with van der Waals surface area (Å²) >= 11 is 0. The number of hydrogen-bond donors (Lipinski definition) is 0. The van der Waals surface area contributed by atoms with Gasteiger partial charge in [0.2, 0.25) is 0 Å². The standard InChI is InChI=1S/C5H11N2.Li/c1-7-4-2-6-3-5-7;/h2-5H2,1H3;/q-1;+1. The molecule has 0 aromatic heterocycles. The summed E-state index contributed by atoms with van der Waals surface area (Å²) in [6, 6.07) is 0. The molecule has 3 heteroatoms. The summed E-state index contributed by atoms with van der Waals surface area (Å²) in [5.74, 6) is 0. The zero-order valence-electron chi connectivity index (χ0n) is 5.72. The molecule has 8 heavy (non-hydrogen) atoms. The van der Waals surface area contributed by atoms with Gasteiger partial charge in [-0.1, -0.05) is 0 Å². The van der Waals surface area contributed by atoms with Crippen molar-refractivity contribution in [1.29, 1.82) is 0 Å². The van der Waals surface area contributed by atoms with Crippen molar-refractivity contribution in [3.05, 3.63) is 5.32 Å². The molecule has 0 radical (unpaired) electrons. The molecule has 0 N–H and O–H groups in total. The summed E-state index contributed by atoms with van der Waals surface area (Å²) in [5, 5.41) is 4.19. The van der Waals surface area contributed by atoms with Crippen LogP contribution in [0.5, 0.6) is 0 Å². The largest absolute Gasteiger partial charge is 1.00 e. The number of hydrogen-bond acceptors (Lipinski definition) is 1. The van der Waals surface area contributed by atoms with Gasteiger partial charge in [-0.15, -0.1) is 13.1 Å². The van der Waals surface area contributed by atoms with Gasteiger partial charge in [-0.25, -0.2) is 0 Å². The summed E-state index contributed by atoms with van der Waals surface area (Å²) in [5.41, 5.74) is 0. The molecule has 1 aliphatic rings. The van der Waals surface area contributed by atoms with Crippen LogP contribution in [0.25, 0.3) is 5.32 Å². The summed E-state index contributed by atoms with van der Waals surface area (Å²) in [6.07, 6.45) is 0. The average molecular weight is 106 g/mol. The Morgan fingerprint density at radius 3 is 2.00 bits per heavy atom. The normalized spacial score (nSPS) is 22.1. The van der Waals surface area contributed by atoms with E-state index in [1.807, 2.05) is 0 Å². The number of likely N-dealkylation sites (N-methyl/N-ethyl adjacent to an activating group) is 1. The van der Waals surface area contributed by atoms with Crippen LogP contribution in [0.4, 0.5) is 0 Å². The van der Waals surface area contributed by atoms with Crippen molar-refractivity contribution in [2.45, 2.75) is 0 Å². The van der Waals surface area contributed by atoms with Crippen LogP contribution in [0.3, 0.4) is 0 Å². The molecule has 1 fully saturated rings. The van der Waals surface area contributed by atoms with E-state index in [0.717, 1.165) is 26.2 Å². The monoisotopic (exact) mass is 106 g/mol. The maximum Gasteiger partial charge on any atom is 1.00 e. The van der Waals surface area contributed by atoms with E-state index in [0.29, 0.717) is 0 Å². The fourth-order valence-electron chi connectivity index (χ4n) is 0.706. The SMILES string of the molecule is CN1CC[N-]CC1.[Li+]. The maximum atomic E-state index is 4.19. The molecule has 0 atom stereocenters. The second-order valence-electron chi connectivity index (χ2n) is 1.97. The molecule has 1 rings (SSSR count). The van der Waals surface area contributed by atoms with Gasteiger partial charge in [0.05, 0.1) is 0 Å². The van der Waals surface area contributed by atoms with Crippen molar-refractivity contribution in [3.8, 4) is 0 Å². The third kappa shape index (κ3) is 2.73. The van der Waals surface area contributed by atoms with Gasteiger partial charge in [-0.2, -0.15) is 0 Å². The molecule has 0 aromatic rings. The second-order valence-corrected chi connectivity index (χ2v) is 1.97. The maximum absolute atomic E-state index is 4.19. The first kappa shape index (κ1) is 8.52. The van der Waals surface area contributed by atoms with Crippen molar-refractivity contribution in [3.63, 3.8) is 0 Å². The van der Waals surface area contributed by atoms with Crippen LogP contribution in [0.2, 0.25) is 0 Å². The molecule has 0 aliphatic carbocycles. The minimum Gasteiger partial charge on any atom is -0.660 e. The van der Waals surface area contributed by atoms with Gasteiger partial charge in [-0.05, 0) is 20.1 Å². The Bertz CT molecular complexity index is 52.4. The molecule has 0 bridgehead atoms. The van der Waals surface area contributed by atoms with E-state index in [1.165, 1.54) is 0 Å². The molecule has 1 aliphatic heterocycles. The van der Waals surface area contributed by atoms with E-state index in [2.05, 4.69) is 17.3 Å². The Kier molecular flexibility index (Phi) is 4.69. The number of piperazine rings is 1. The van der Waals surface area contributed by atoms with Crippen LogP contribution in [-0.2, 0) is 0 Å². The van der Waals surface area contributed by atoms with Crippen molar-refractivity contribution in [2.24, 2.45) is 0 Å². The van der Waals surface area contributed by atoms with Gasteiger partial charge >= 0.3 is 18.9 Å². The first-order chi connectivity index (χ1) is 3.39. The predicted molar refractivity (Wildman–Crippen MR) is 30.6 cm³/mol. The Morgan fingerprint density at radius 2 is 1.75 bits per heavy atom. The van der Waals surface area contributed by atoms with E-state index < -0.39 is 0 Å². The molecular weight excluding hydrogens is 95.0 g/mol. The zero-order chi connectivity index (χ0) is 5.11. The van der Waals surface area contributed by atoms with Gasteiger partial charge in [0.1, 0.15) is 0 Å². The summed E-state index contributed by atoms with van der Waals surface area (Å²) in [6.45, 7) is 4.38. The minimum absolute atomic E-state index is 0. The zero-order valence-corrected chi connectivity index (χ0v) is 5.72. The molecule has 0 saturated carbocycles. The van der Waals surface area contributed by atoms with Crippen molar-refractivity contribution < 1.29 is 18.9 Å². The smallest absolute Gasteiger partial charge is 0.660 e. The topological polar surface area (TPSA) is 17.3 Å². The molecule has 0 aromatic carbocycles. The third-order valence-electron chi connectivity index (χ3n) is 1.28. The second kappa shape index (κ2) is 4.40. The predicted octanol–water partition coefficient (Wildman–Crippen LogP) is -2.69. The molecule has 1 heterocycles. The van der Waals surface area contributed by atoms with E-state index in [1.54, 1.807) is 0 Å². The molecule has 0 unspecified atom stereocenters. The van der Waals surface area contributed by atoms with Gasteiger partial charge in [-0.3, -0.25) is 0 Å². The van der Waals surface area contributed by atoms with E-state index in [-0.39, 0.29) is 18.9 Å². The molecule has 1 saturated heterocycles. The van der Waals surface area contributed by atoms with E-state index >= 15 is 0 Å². The first-order valence-corrected chi connectivity index (χ1v) is 2.71. The summed E-state index contributed by atoms with van der Waals surface area (Å²) in [7, 11) is 2.13. The van der Waals surface area contributed by atoms with Crippen molar-refractivity contribution >= 4 is 0 Å². The average Bonchev–Trinajstić information content (AvgIpc) is 1.69. The fourth-order valence-corrected chi connectivity index (χ4v) is 0.706. The quantitative estimate of drug-likeness (QED) is 0.307.